The second-order valence-corrected chi connectivity index (χ2v) is 5.12. The molecule has 2 heterocycles. The average Bonchev–Trinajstić information content (AvgIpc) is 2.89. The number of carbonyl (C=O) groups is 1. The standard InChI is InChI=1S/C13H20N2O3/c1-13(2,12(16)17-3)10-7-8-15(14-10)11-6-4-5-9-18-11/h7-8,11H,4-6,9H2,1-3H3. The van der Waals surface area contributed by atoms with Crippen LogP contribution in [0.2, 0.25) is 0 Å². The number of ether oxygens (including phenoxy) is 2. The van der Waals surface area contributed by atoms with Gasteiger partial charge in [0.05, 0.1) is 12.8 Å². The smallest absolute Gasteiger partial charge is 0.317 e. The first-order chi connectivity index (χ1) is 8.55. The fraction of sp³-hybridized carbons (Fsp3) is 0.692. The van der Waals surface area contributed by atoms with Gasteiger partial charge >= 0.3 is 5.97 Å². The Morgan fingerprint density at radius 1 is 1.56 bits per heavy atom. The number of hydrogen-bond acceptors (Lipinski definition) is 4. The zero-order valence-electron chi connectivity index (χ0n) is 11.2. The molecule has 1 aromatic rings. The average molecular weight is 252 g/mol. The maximum absolute atomic E-state index is 11.7. The molecule has 2 rings (SSSR count). The number of hydrogen-bond donors (Lipinski definition) is 0. The van der Waals surface area contributed by atoms with Crippen LogP contribution in [0.15, 0.2) is 12.3 Å². The van der Waals surface area contributed by atoms with Crippen molar-refractivity contribution in [3.63, 3.8) is 0 Å². The summed E-state index contributed by atoms with van der Waals surface area (Å²) in [7, 11) is 1.39. The van der Waals surface area contributed by atoms with Crippen LogP contribution in [0.5, 0.6) is 0 Å². The predicted octanol–water partition coefficient (Wildman–Crippen LogP) is 2.03. The summed E-state index contributed by atoms with van der Waals surface area (Å²) < 4.78 is 12.3. The summed E-state index contributed by atoms with van der Waals surface area (Å²) in [6.07, 6.45) is 5.11. The van der Waals surface area contributed by atoms with Crippen molar-refractivity contribution in [1.82, 2.24) is 9.78 Å². The van der Waals surface area contributed by atoms with E-state index in [0.717, 1.165) is 25.9 Å². The van der Waals surface area contributed by atoms with Crippen LogP contribution in [0.1, 0.15) is 45.0 Å². The fourth-order valence-electron chi connectivity index (χ4n) is 2.12. The molecular weight excluding hydrogens is 232 g/mol. The van der Waals surface area contributed by atoms with E-state index in [0.29, 0.717) is 5.69 Å². The molecule has 0 amide bonds. The van der Waals surface area contributed by atoms with Gasteiger partial charge in [0.1, 0.15) is 11.6 Å². The van der Waals surface area contributed by atoms with Crippen molar-refractivity contribution < 1.29 is 14.3 Å². The maximum Gasteiger partial charge on any atom is 0.317 e. The van der Waals surface area contributed by atoms with Crippen LogP contribution in [-0.2, 0) is 19.7 Å². The molecule has 100 valence electrons. The third kappa shape index (κ3) is 2.41. The Bertz CT molecular complexity index is 420. The molecule has 5 nitrogen and oxygen atoms in total. The molecule has 1 aliphatic rings. The molecule has 0 aromatic carbocycles. The summed E-state index contributed by atoms with van der Waals surface area (Å²) in [4.78, 5) is 11.7. The summed E-state index contributed by atoms with van der Waals surface area (Å²) in [6, 6.07) is 1.86. The number of rotatable bonds is 3. The van der Waals surface area contributed by atoms with E-state index in [2.05, 4.69) is 5.10 Å². The predicted molar refractivity (Wildman–Crippen MR) is 66.1 cm³/mol. The van der Waals surface area contributed by atoms with Gasteiger partial charge in [-0.15, -0.1) is 0 Å². The second-order valence-electron chi connectivity index (χ2n) is 5.12. The minimum atomic E-state index is -0.728. The Morgan fingerprint density at radius 3 is 2.94 bits per heavy atom. The quantitative estimate of drug-likeness (QED) is 0.772. The lowest BCUT2D eigenvalue weighted by atomic mass is 9.90. The third-order valence-corrected chi connectivity index (χ3v) is 3.40. The van der Waals surface area contributed by atoms with Gasteiger partial charge < -0.3 is 9.47 Å². The largest absolute Gasteiger partial charge is 0.468 e. The number of nitrogens with zero attached hydrogens (tertiary/aromatic N) is 2. The van der Waals surface area contributed by atoms with Gasteiger partial charge in [-0.05, 0) is 39.2 Å². The molecule has 0 saturated carbocycles. The number of esters is 1. The Morgan fingerprint density at radius 2 is 2.33 bits per heavy atom. The van der Waals surface area contributed by atoms with E-state index in [1.165, 1.54) is 7.11 Å². The minimum Gasteiger partial charge on any atom is -0.468 e. The highest BCUT2D eigenvalue weighted by molar-refractivity contribution is 5.81. The molecule has 1 aromatic heterocycles. The maximum atomic E-state index is 11.7. The van der Waals surface area contributed by atoms with Crippen molar-refractivity contribution in [2.45, 2.75) is 44.8 Å². The van der Waals surface area contributed by atoms with E-state index in [1.807, 2.05) is 26.1 Å². The molecule has 1 atom stereocenters. The van der Waals surface area contributed by atoms with Crippen molar-refractivity contribution in [1.29, 1.82) is 0 Å². The SMILES string of the molecule is COC(=O)C(C)(C)c1ccn(C2CCCCO2)n1. The summed E-state index contributed by atoms with van der Waals surface area (Å²) in [6.45, 7) is 4.40. The minimum absolute atomic E-state index is 0.000877. The van der Waals surface area contributed by atoms with Crippen molar-refractivity contribution in [2.75, 3.05) is 13.7 Å². The van der Waals surface area contributed by atoms with Crippen molar-refractivity contribution in [3.8, 4) is 0 Å². The first-order valence-corrected chi connectivity index (χ1v) is 6.31. The summed E-state index contributed by atoms with van der Waals surface area (Å²) in [5.74, 6) is -0.280. The van der Waals surface area contributed by atoms with E-state index in [4.69, 9.17) is 9.47 Å². The molecule has 0 radical (unpaired) electrons. The number of aromatic nitrogens is 2. The van der Waals surface area contributed by atoms with Crippen molar-refractivity contribution in [3.05, 3.63) is 18.0 Å². The van der Waals surface area contributed by atoms with Gasteiger partial charge in [-0.1, -0.05) is 0 Å². The summed E-state index contributed by atoms with van der Waals surface area (Å²) >= 11 is 0. The van der Waals surface area contributed by atoms with Gasteiger partial charge in [0, 0.05) is 12.8 Å². The zero-order valence-corrected chi connectivity index (χ0v) is 11.2. The van der Waals surface area contributed by atoms with Gasteiger partial charge in [0.25, 0.3) is 0 Å². The van der Waals surface area contributed by atoms with Crippen LogP contribution >= 0.6 is 0 Å². The van der Waals surface area contributed by atoms with E-state index in [9.17, 15) is 4.79 Å². The Kier molecular flexibility index (Phi) is 3.71. The van der Waals surface area contributed by atoms with Gasteiger partial charge in [-0.2, -0.15) is 5.10 Å². The molecule has 1 fully saturated rings. The molecule has 0 N–H and O–H groups in total. The molecular formula is C13H20N2O3. The first kappa shape index (κ1) is 13.1. The van der Waals surface area contributed by atoms with Crippen molar-refractivity contribution in [2.24, 2.45) is 0 Å². The highest BCUT2D eigenvalue weighted by Gasteiger charge is 2.34. The van der Waals surface area contributed by atoms with Gasteiger partial charge in [-0.25, -0.2) is 4.68 Å². The molecule has 0 aliphatic carbocycles. The van der Waals surface area contributed by atoms with Crippen LogP contribution in [0.25, 0.3) is 0 Å². The van der Waals surface area contributed by atoms with E-state index < -0.39 is 5.41 Å². The molecule has 0 bridgehead atoms. The lowest BCUT2D eigenvalue weighted by molar-refractivity contribution is -0.146. The zero-order chi connectivity index (χ0) is 13.2. The Balaban J connectivity index is 2.16. The van der Waals surface area contributed by atoms with Crippen LogP contribution in [0.3, 0.4) is 0 Å². The fourth-order valence-corrected chi connectivity index (χ4v) is 2.12. The van der Waals surface area contributed by atoms with Gasteiger partial charge in [-0.3, -0.25) is 4.79 Å². The lowest BCUT2D eigenvalue weighted by Crippen LogP contribution is -2.31. The van der Waals surface area contributed by atoms with Gasteiger partial charge in [0.2, 0.25) is 0 Å². The normalized spacial score (nSPS) is 20.7. The van der Waals surface area contributed by atoms with Crippen LogP contribution in [0.4, 0.5) is 0 Å². The van der Waals surface area contributed by atoms with Gasteiger partial charge in [0.15, 0.2) is 0 Å². The topological polar surface area (TPSA) is 53.4 Å². The molecule has 18 heavy (non-hydrogen) atoms. The number of methoxy groups -OCH3 is 1. The summed E-state index contributed by atoms with van der Waals surface area (Å²) in [5, 5.41) is 4.47. The van der Waals surface area contributed by atoms with Crippen LogP contribution in [0, 0.1) is 0 Å². The third-order valence-electron chi connectivity index (χ3n) is 3.40. The Hall–Kier alpha value is -1.36. The Labute approximate surface area is 107 Å². The molecule has 1 unspecified atom stereocenters. The highest BCUT2D eigenvalue weighted by Crippen LogP contribution is 2.26. The molecule has 5 heteroatoms. The van der Waals surface area contributed by atoms with E-state index >= 15 is 0 Å². The van der Waals surface area contributed by atoms with Crippen LogP contribution in [-0.4, -0.2) is 29.5 Å². The lowest BCUT2D eigenvalue weighted by Gasteiger charge is -2.23. The molecule has 1 saturated heterocycles. The van der Waals surface area contributed by atoms with Crippen LogP contribution < -0.4 is 0 Å². The molecule has 0 spiro atoms. The summed E-state index contributed by atoms with van der Waals surface area (Å²) in [5.41, 5.74) is -0.0159. The number of carbonyl (C=O) groups excluding carboxylic acids is 1. The monoisotopic (exact) mass is 252 g/mol. The second kappa shape index (κ2) is 5.10. The molecule has 1 aliphatic heterocycles. The van der Waals surface area contributed by atoms with E-state index in [-0.39, 0.29) is 12.2 Å². The highest BCUT2D eigenvalue weighted by atomic mass is 16.5. The van der Waals surface area contributed by atoms with Crippen molar-refractivity contribution >= 4 is 5.97 Å². The first-order valence-electron chi connectivity index (χ1n) is 6.31. The van der Waals surface area contributed by atoms with E-state index in [1.54, 1.807) is 4.68 Å².